The minimum absolute atomic E-state index is 0.432. The summed E-state index contributed by atoms with van der Waals surface area (Å²) in [6.07, 6.45) is 5.65. The normalized spacial score (nSPS) is 12.2. The third kappa shape index (κ3) is 7.14. The molecule has 0 aliphatic heterocycles. The van der Waals surface area contributed by atoms with Crippen LogP contribution in [0.3, 0.4) is 0 Å². The Morgan fingerprint density at radius 2 is 0.424 bits per heavy atom. The summed E-state index contributed by atoms with van der Waals surface area (Å²) >= 11 is 0. The van der Waals surface area contributed by atoms with Crippen molar-refractivity contribution in [2.75, 3.05) is 0 Å². The number of nitriles is 1. The smallest absolute Gasteiger partial charge is 0.105 e. The monoisotopic (exact) mass is 1260 g/mol. The van der Waals surface area contributed by atoms with Gasteiger partial charge in [-0.25, -0.2) is 0 Å². The van der Waals surface area contributed by atoms with Gasteiger partial charge in [0.2, 0.25) is 0 Å². The average Bonchev–Trinajstić information content (AvgIpc) is 1.57. The molecule has 22 rings (SSSR count). The van der Waals surface area contributed by atoms with Crippen molar-refractivity contribution >= 4 is 153 Å². The fourth-order valence-electron chi connectivity index (χ4n) is 17.0. The summed E-state index contributed by atoms with van der Waals surface area (Å²) in [6, 6.07) is 108. The van der Waals surface area contributed by atoms with E-state index in [0.717, 1.165) is 160 Å². The maximum absolute atomic E-state index is 13.4. The average molecular weight is 1260 g/mol. The second-order valence-electron chi connectivity index (χ2n) is 25.7. The van der Waals surface area contributed by atoms with Gasteiger partial charge in [0.1, 0.15) is 11.6 Å². The van der Waals surface area contributed by atoms with Crippen LogP contribution in [0.4, 0.5) is 0 Å². The van der Waals surface area contributed by atoms with Crippen molar-refractivity contribution in [3.63, 3.8) is 0 Å². The number of aromatic nitrogens is 10. The first kappa shape index (κ1) is 53.5. The molecule has 12 aromatic carbocycles. The fourth-order valence-corrected chi connectivity index (χ4v) is 17.0. The van der Waals surface area contributed by atoms with Crippen LogP contribution in [-0.4, -0.2) is 46.9 Å². The third-order valence-electron chi connectivity index (χ3n) is 20.9. The molecule has 10 heterocycles. The number of rotatable bonds is 7. The summed E-state index contributed by atoms with van der Waals surface area (Å²) in [4.78, 5) is 15.8. The van der Waals surface area contributed by atoms with E-state index in [-0.39, 0.29) is 0 Å². The highest BCUT2D eigenvalue weighted by Crippen LogP contribution is 2.52. The molecule has 0 unspecified atom stereocenters. The number of hydrogen-bond acceptors (Lipinski definition) is 4. The Balaban J connectivity index is 1.01. The molecule has 0 amide bonds. The van der Waals surface area contributed by atoms with E-state index in [4.69, 9.17) is 15.0 Å². The number of para-hydroxylation sites is 9. The highest BCUT2D eigenvalue weighted by atomic mass is 15.2. The van der Waals surface area contributed by atoms with Crippen molar-refractivity contribution in [1.82, 2.24) is 46.9 Å². The van der Waals surface area contributed by atoms with Gasteiger partial charge in [-0.15, -0.1) is 0 Å². The zero-order valence-electron chi connectivity index (χ0n) is 52.9. The maximum atomic E-state index is 13.4. The van der Waals surface area contributed by atoms with E-state index >= 15 is 0 Å². The lowest BCUT2D eigenvalue weighted by Crippen LogP contribution is -2.19. The summed E-state index contributed by atoms with van der Waals surface area (Å²) in [6.45, 7) is 0. The maximum Gasteiger partial charge on any atom is 0.105 e. The minimum Gasteiger partial charge on any atom is -0.309 e. The quantitative estimate of drug-likeness (QED) is 0.159. The Kier molecular flexibility index (Phi) is 10.9. The Morgan fingerprint density at radius 3 is 0.737 bits per heavy atom. The summed E-state index contributed by atoms with van der Waals surface area (Å²) in [5.74, 6) is 0. The van der Waals surface area contributed by atoms with Crippen LogP contribution in [0.1, 0.15) is 5.56 Å². The van der Waals surface area contributed by atoms with Crippen LogP contribution in [0.15, 0.2) is 310 Å². The molecule has 0 spiro atoms. The first-order valence-corrected chi connectivity index (χ1v) is 33.4. The van der Waals surface area contributed by atoms with Gasteiger partial charge in [0.05, 0.1) is 122 Å². The molecule has 458 valence electrons. The van der Waals surface area contributed by atoms with Crippen molar-refractivity contribution in [2.24, 2.45) is 0 Å². The van der Waals surface area contributed by atoms with E-state index in [0.29, 0.717) is 16.9 Å². The Morgan fingerprint density at radius 1 is 0.202 bits per heavy atom. The van der Waals surface area contributed by atoms with Crippen LogP contribution in [0, 0.1) is 11.3 Å². The molecule has 99 heavy (non-hydrogen) atoms. The molecule has 0 N–H and O–H groups in total. The van der Waals surface area contributed by atoms with Crippen LogP contribution < -0.4 is 0 Å². The SMILES string of the molecule is N#Cc1c(-n2c3ccccc3c3ncccc32)c(-n2c3ccccc3c3cc(-n4c5ccccc5c5ccccc54)ccc32)c(-n2c3ccccc3c3ncccc32)c(-n2c3ccccc3c3cc(-n4c5ccccc5c5ccccc54)ccc32)c1-n1c2ccccc2c2ncccc21. The molecule has 0 aliphatic carbocycles. The van der Waals surface area contributed by atoms with E-state index in [1.807, 2.05) is 36.8 Å². The van der Waals surface area contributed by atoms with Gasteiger partial charge < -0.3 is 32.0 Å². The third-order valence-corrected chi connectivity index (χ3v) is 20.9. The van der Waals surface area contributed by atoms with Crippen molar-refractivity contribution < 1.29 is 0 Å². The van der Waals surface area contributed by atoms with E-state index in [9.17, 15) is 5.26 Å². The predicted octanol–water partition coefficient (Wildman–Crippen LogP) is 21.4. The van der Waals surface area contributed by atoms with E-state index in [1.54, 1.807) is 0 Å². The van der Waals surface area contributed by atoms with Crippen molar-refractivity contribution in [3.8, 4) is 45.9 Å². The number of fused-ring (bicyclic) bond motifs is 21. The first-order chi connectivity index (χ1) is 49.2. The van der Waals surface area contributed by atoms with Gasteiger partial charge in [-0.05, 0) is 127 Å². The zero-order valence-corrected chi connectivity index (χ0v) is 52.9. The van der Waals surface area contributed by atoms with Gasteiger partial charge >= 0.3 is 0 Å². The summed E-state index contributed by atoms with van der Waals surface area (Å²) < 4.78 is 16.9. The Hall–Kier alpha value is -13.8. The van der Waals surface area contributed by atoms with Crippen LogP contribution in [0.5, 0.6) is 0 Å². The van der Waals surface area contributed by atoms with Crippen molar-refractivity contribution in [2.45, 2.75) is 0 Å². The molecule has 0 radical (unpaired) electrons. The van der Waals surface area contributed by atoms with Gasteiger partial charge in [0.25, 0.3) is 0 Å². The Bertz CT molecular complexity index is 6700. The van der Waals surface area contributed by atoms with Crippen molar-refractivity contribution in [3.05, 3.63) is 315 Å². The molecular formula is C88H51N11. The zero-order chi connectivity index (χ0) is 64.7. The molecule has 11 nitrogen and oxygen atoms in total. The van der Waals surface area contributed by atoms with Gasteiger partial charge in [0.15, 0.2) is 0 Å². The molecule has 11 heteroatoms. The second kappa shape index (κ2) is 20.1. The number of benzene rings is 12. The fraction of sp³-hybridized carbons (Fsp3) is 0. The van der Waals surface area contributed by atoms with Crippen LogP contribution in [0.25, 0.3) is 193 Å². The van der Waals surface area contributed by atoms with E-state index in [2.05, 4.69) is 311 Å². The van der Waals surface area contributed by atoms with Gasteiger partial charge in [-0.2, -0.15) is 5.26 Å². The molecule has 0 saturated heterocycles. The Labute approximate surface area is 563 Å². The highest BCUT2D eigenvalue weighted by Gasteiger charge is 2.37. The molecule has 22 aromatic rings. The van der Waals surface area contributed by atoms with Crippen LogP contribution in [0.2, 0.25) is 0 Å². The summed E-state index contributed by atoms with van der Waals surface area (Å²) in [5.41, 5.74) is 22.3. The minimum atomic E-state index is 0.432. The number of nitrogens with zero attached hydrogens (tertiary/aromatic N) is 11. The lowest BCUT2D eigenvalue weighted by Gasteiger charge is -2.30. The van der Waals surface area contributed by atoms with Gasteiger partial charge in [0, 0.05) is 89.2 Å². The van der Waals surface area contributed by atoms with Gasteiger partial charge in [-0.3, -0.25) is 15.0 Å². The van der Waals surface area contributed by atoms with E-state index in [1.165, 1.54) is 21.5 Å². The summed E-state index contributed by atoms with van der Waals surface area (Å²) in [7, 11) is 0. The highest BCUT2D eigenvalue weighted by molar-refractivity contribution is 6.19. The van der Waals surface area contributed by atoms with E-state index < -0.39 is 0 Å². The molecule has 0 atom stereocenters. The molecule has 0 aliphatic rings. The molecule has 0 fully saturated rings. The van der Waals surface area contributed by atoms with Crippen LogP contribution in [-0.2, 0) is 0 Å². The molecule has 10 aromatic heterocycles. The largest absolute Gasteiger partial charge is 0.309 e. The standard InChI is InChI=1S/C88H51N11/c89-52-66-84(97-73-37-16-7-28-61(73)81-78(97)40-19-47-90-81)86(95-71-35-14-5-26-59(71)64-50-53(43-45-76(64)95)93-67-31-10-1-22-55(67)56-23-2-11-32-68(56)93)88(99-75-39-18-9-30-63(75)83-80(99)42-21-49-92-83)87(85(66)98-74-38-17-8-29-62(74)82-79(98)41-20-48-91-82)96-72-36-15-6-27-60(72)65-51-54(44-46-77(65)96)94-69-33-12-3-24-57(69)58-25-4-13-34-70(58)94/h1-51H. The molecular weight excluding hydrogens is 1210 g/mol. The van der Waals surface area contributed by atoms with Crippen LogP contribution >= 0.6 is 0 Å². The van der Waals surface area contributed by atoms with Gasteiger partial charge in [-0.1, -0.05) is 164 Å². The summed E-state index contributed by atoms with van der Waals surface area (Å²) in [5, 5.41) is 25.3. The molecule has 0 bridgehead atoms. The lowest BCUT2D eigenvalue weighted by atomic mass is 10.0. The lowest BCUT2D eigenvalue weighted by molar-refractivity contribution is 0.991. The first-order valence-electron chi connectivity index (χ1n) is 33.4. The number of hydrogen-bond donors (Lipinski definition) is 0. The number of pyridine rings is 3. The molecule has 0 saturated carbocycles. The topological polar surface area (TPSA) is 97.0 Å². The second-order valence-corrected chi connectivity index (χ2v) is 25.7. The predicted molar refractivity (Wildman–Crippen MR) is 405 cm³/mol. The van der Waals surface area contributed by atoms with Crippen molar-refractivity contribution in [1.29, 1.82) is 5.26 Å².